The summed E-state index contributed by atoms with van der Waals surface area (Å²) in [5.74, 6) is 0. The Labute approximate surface area is 62.5 Å². The van der Waals surface area contributed by atoms with Crippen LogP contribution in [0.1, 0.15) is 0 Å². The molecule has 5 heteroatoms. The van der Waals surface area contributed by atoms with Crippen LogP contribution >= 0.6 is 23.2 Å². The second-order valence-corrected chi connectivity index (χ2v) is 2.22. The summed E-state index contributed by atoms with van der Waals surface area (Å²) < 4.78 is 0. The Morgan fingerprint density at radius 1 is 1.67 bits per heavy atom. The summed E-state index contributed by atoms with van der Waals surface area (Å²) in [5, 5.41) is 4.07. The number of nitrogens with zero attached hydrogens (tertiary/aromatic N) is 2. The predicted octanol–water partition coefficient (Wildman–Crippen LogP) is 1.33. The van der Waals surface area contributed by atoms with Crippen molar-refractivity contribution in [2.24, 2.45) is 10.7 Å². The molecule has 0 unspecified atom stereocenters. The summed E-state index contributed by atoms with van der Waals surface area (Å²) in [4.78, 5) is 3.60. The fraction of sp³-hybridized carbons (Fsp3) is 0.250. The molecule has 2 N–H and O–H groups in total. The van der Waals surface area contributed by atoms with E-state index in [1.165, 1.54) is 6.08 Å². The Kier molecular flexibility index (Phi) is 1.95. The minimum absolute atomic E-state index is 0.106. The summed E-state index contributed by atoms with van der Waals surface area (Å²) in [6.07, 6.45) is 1.07. The van der Waals surface area contributed by atoms with Crippen molar-refractivity contribution < 1.29 is 0 Å². The van der Waals surface area contributed by atoms with Crippen LogP contribution < -0.4 is 5.73 Å². The molecular weight excluding hydrogens is 161 g/mol. The molecule has 3 nitrogen and oxygen atoms in total. The van der Waals surface area contributed by atoms with Crippen LogP contribution in [0.2, 0.25) is 0 Å². The standard InChI is InChI=1S/C4H4Cl2N3/c5-2-1-3(7)9-4(6)8-2/h1,3H,7H2/q-1/t3-/m1/s1. The summed E-state index contributed by atoms with van der Waals surface area (Å²) >= 11 is 10.8. The molecule has 0 saturated carbocycles. The maximum absolute atomic E-state index is 5.46. The first-order valence-corrected chi connectivity index (χ1v) is 3.02. The normalized spacial score (nSPS) is 26.3. The molecule has 0 aliphatic carbocycles. The maximum atomic E-state index is 5.46. The largest absolute Gasteiger partial charge is 0.436 e. The molecule has 1 heterocycles. The van der Waals surface area contributed by atoms with Gasteiger partial charge in [-0.15, -0.1) is 0 Å². The van der Waals surface area contributed by atoms with E-state index in [-0.39, 0.29) is 5.29 Å². The fourth-order valence-electron chi connectivity index (χ4n) is 0.455. The van der Waals surface area contributed by atoms with Gasteiger partial charge < -0.3 is 16.0 Å². The van der Waals surface area contributed by atoms with Gasteiger partial charge in [-0.1, -0.05) is 29.3 Å². The number of aliphatic imine (C=N–C) groups is 1. The van der Waals surface area contributed by atoms with Gasteiger partial charge in [0, 0.05) is 16.6 Å². The Bertz CT molecular complexity index is 175. The van der Waals surface area contributed by atoms with Crippen LogP contribution in [0.3, 0.4) is 0 Å². The first-order chi connectivity index (χ1) is 4.18. The first-order valence-electron chi connectivity index (χ1n) is 2.26. The minimum atomic E-state index is -0.442. The van der Waals surface area contributed by atoms with Crippen molar-refractivity contribution >= 4 is 28.5 Å². The average Bonchev–Trinajstić information content (AvgIpc) is 1.59. The zero-order chi connectivity index (χ0) is 6.85. The van der Waals surface area contributed by atoms with E-state index in [9.17, 15) is 0 Å². The topological polar surface area (TPSA) is 52.5 Å². The molecule has 0 radical (unpaired) electrons. The third-order valence-electron chi connectivity index (χ3n) is 0.763. The molecule has 0 bridgehead atoms. The number of nitrogens with two attached hydrogens (primary N) is 1. The summed E-state index contributed by atoms with van der Waals surface area (Å²) in [6, 6.07) is 0. The van der Waals surface area contributed by atoms with E-state index in [2.05, 4.69) is 10.3 Å². The molecular formula is C4H4Cl2N3-. The van der Waals surface area contributed by atoms with E-state index in [0.29, 0.717) is 5.16 Å². The van der Waals surface area contributed by atoms with Crippen LogP contribution in [-0.4, -0.2) is 11.5 Å². The molecule has 0 amide bonds. The molecule has 0 aromatic heterocycles. The molecule has 1 rings (SSSR count). The Morgan fingerprint density at radius 2 is 2.33 bits per heavy atom. The van der Waals surface area contributed by atoms with Crippen LogP contribution in [0.5, 0.6) is 0 Å². The number of hydrogen-bond donors (Lipinski definition) is 1. The molecule has 0 fully saturated rings. The molecule has 1 aliphatic heterocycles. The van der Waals surface area contributed by atoms with Crippen molar-refractivity contribution in [2.75, 3.05) is 0 Å². The van der Waals surface area contributed by atoms with Crippen LogP contribution in [0.15, 0.2) is 16.2 Å². The van der Waals surface area contributed by atoms with E-state index < -0.39 is 6.17 Å². The first kappa shape index (κ1) is 6.86. The SMILES string of the molecule is N[C@H]1C=C(Cl)N=C(Cl)[N-]1. The lowest BCUT2D eigenvalue weighted by Gasteiger charge is -2.22. The van der Waals surface area contributed by atoms with Crippen molar-refractivity contribution in [3.05, 3.63) is 16.5 Å². The van der Waals surface area contributed by atoms with Gasteiger partial charge >= 0.3 is 0 Å². The lowest BCUT2D eigenvalue weighted by Crippen LogP contribution is -2.19. The van der Waals surface area contributed by atoms with Gasteiger partial charge in [0.15, 0.2) is 0 Å². The monoisotopic (exact) mass is 164 g/mol. The lowest BCUT2D eigenvalue weighted by atomic mass is 10.5. The number of amidine groups is 1. The van der Waals surface area contributed by atoms with E-state index >= 15 is 0 Å². The molecule has 0 spiro atoms. The van der Waals surface area contributed by atoms with E-state index in [1.54, 1.807) is 0 Å². The van der Waals surface area contributed by atoms with E-state index in [1.807, 2.05) is 0 Å². The van der Waals surface area contributed by atoms with Gasteiger partial charge in [0.05, 0.1) is 0 Å². The van der Waals surface area contributed by atoms with Crippen molar-refractivity contribution in [3.8, 4) is 0 Å². The second-order valence-electron chi connectivity index (χ2n) is 1.49. The third kappa shape index (κ3) is 1.86. The zero-order valence-electron chi connectivity index (χ0n) is 4.38. The van der Waals surface area contributed by atoms with Gasteiger partial charge in [-0.2, -0.15) is 0 Å². The molecule has 50 valence electrons. The quantitative estimate of drug-likeness (QED) is 0.541. The van der Waals surface area contributed by atoms with Crippen molar-refractivity contribution in [2.45, 2.75) is 6.17 Å². The highest BCUT2D eigenvalue weighted by molar-refractivity contribution is 6.68. The lowest BCUT2D eigenvalue weighted by molar-refractivity contribution is 0.985. The second kappa shape index (κ2) is 2.56. The molecule has 1 aliphatic rings. The molecule has 0 aromatic rings. The van der Waals surface area contributed by atoms with Crippen molar-refractivity contribution in [1.29, 1.82) is 0 Å². The average molecular weight is 165 g/mol. The highest BCUT2D eigenvalue weighted by Gasteiger charge is 1.97. The van der Waals surface area contributed by atoms with E-state index in [4.69, 9.17) is 28.9 Å². The van der Waals surface area contributed by atoms with Crippen LogP contribution in [0, 0.1) is 0 Å². The number of hydrogen-bond acceptors (Lipinski definition) is 2. The van der Waals surface area contributed by atoms with Gasteiger partial charge in [-0.05, 0) is 0 Å². The van der Waals surface area contributed by atoms with Gasteiger partial charge in [-0.25, -0.2) is 0 Å². The maximum Gasteiger partial charge on any atom is 0.0296 e. The minimum Gasteiger partial charge on any atom is -0.436 e. The summed E-state index contributed by atoms with van der Waals surface area (Å²) in [5.41, 5.74) is 5.32. The van der Waals surface area contributed by atoms with Crippen molar-refractivity contribution in [3.63, 3.8) is 0 Å². The number of halogens is 2. The number of rotatable bonds is 0. The van der Waals surface area contributed by atoms with Crippen LogP contribution in [0.25, 0.3) is 5.32 Å². The smallest absolute Gasteiger partial charge is 0.0296 e. The van der Waals surface area contributed by atoms with Crippen LogP contribution in [0.4, 0.5) is 0 Å². The summed E-state index contributed by atoms with van der Waals surface area (Å²) in [6.45, 7) is 0. The van der Waals surface area contributed by atoms with Crippen molar-refractivity contribution in [1.82, 2.24) is 0 Å². The Hall–Kier alpha value is -0.250. The Balaban J connectivity index is 2.74. The molecule has 0 saturated heterocycles. The van der Waals surface area contributed by atoms with Gasteiger partial charge in [0.25, 0.3) is 0 Å². The third-order valence-corrected chi connectivity index (χ3v) is 1.16. The molecule has 1 atom stereocenters. The molecule has 0 aromatic carbocycles. The molecule has 9 heavy (non-hydrogen) atoms. The van der Waals surface area contributed by atoms with Gasteiger partial charge in [-0.3, -0.25) is 0 Å². The van der Waals surface area contributed by atoms with Gasteiger partial charge in [0.2, 0.25) is 0 Å². The van der Waals surface area contributed by atoms with Gasteiger partial charge in [0.1, 0.15) is 0 Å². The van der Waals surface area contributed by atoms with E-state index in [0.717, 1.165) is 0 Å². The predicted molar refractivity (Wildman–Crippen MR) is 38.6 cm³/mol. The summed E-state index contributed by atoms with van der Waals surface area (Å²) in [7, 11) is 0. The highest BCUT2D eigenvalue weighted by atomic mass is 35.5. The highest BCUT2D eigenvalue weighted by Crippen LogP contribution is 2.16. The zero-order valence-corrected chi connectivity index (χ0v) is 5.89. The fourth-order valence-corrected chi connectivity index (χ4v) is 0.912. The Morgan fingerprint density at radius 3 is 2.78 bits per heavy atom. The van der Waals surface area contributed by atoms with Crippen LogP contribution in [-0.2, 0) is 0 Å².